The number of methoxy groups -OCH3 is 2. The predicted octanol–water partition coefficient (Wildman–Crippen LogP) is 8.31. The average molecular weight is 642 g/mol. The van der Waals surface area contributed by atoms with E-state index in [1.165, 1.54) is 17.8 Å². The largest absolute Gasteiger partial charge is 0.493 e. The molecule has 3 aromatic carbocycles. The molecule has 0 spiro atoms. The molecule has 1 atom stereocenters. The molecular formula is C37H40FN3O4S. The standard InChI is InChI=1S/C35H34FN3O4S.C2H6/c1-41-32-15-13-26(19-33(32)42-2)22-39-23-28(14-16-34(39)40)30-20-29(21-36)37-35(38-30)44-18-17-31(27-11-7-4-8-12-27)43-24-25-9-5-3-6-10-25;1-2/h3-16,19-20,23,31H,17-18,21-22,24H2,1-2H3;1-2H3. The van der Waals surface area contributed by atoms with Gasteiger partial charge in [0.15, 0.2) is 16.7 Å². The van der Waals surface area contributed by atoms with E-state index in [-0.39, 0.29) is 17.4 Å². The van der Waals surface area contributed by atoms with Crippen LogP contribution in [0.4, 0.5) is 4.39 Å². The molecule has 5 aromatic rings. The molecule has 0 aliphatic heterocycles. The summed E-state index contributed by atoms with van der Waals surface area (Å²) in [5, 5.41) is 0.475. The molecule has 5 rings (SSSR count). The summed E-state index contributed by atoms with van der Waals surface area (Å²) in [6.07, 6.45) is 2.34. The normalized spacial score (nSPS) is 11.3. The van der Waals surface area contributed by atoms with Gasteiger partial charge in [0.05, 0.1) is 44.9 Å². The zero-order chi connectivity index (χ0) is 32.7. The van der Waals surface area contributed by atoms with Crippen LogP contribution in [0.3, 0.4) is 0 Å². The maximum atomic E-state index is 13.9. The minimum atomic E-state index is -0.721. The van der Waals surface area contributed by atoms with E-state index >= 15 is 0 Å². The van der Waals surface area contributed by atoms with Gasteiger partial charge in [-0.05, 0) is 47.4 Å². The van der Waals surface area contributed by atoms with Gasteiger partial charge in [-0.3, -0.25) is 4.79 Å². The molecule has 0 fully saturated rings. The molecule has 0 aliphatic carbocycles. The maximum Gasteiger partial charge on any atom is 0.250 e. The van der Waals surface area contributed by atoms with Crippen molar-refractivity contribution < 1.29 is 18.6 Å². The Morgan fingerprint density at radius 1 is 0.826 bits per heavy atom. The van der Waals surface area contributed by atoms with Crippen molar-refractivity contribution in [3.8, 4) is 22.8 Å². The molecule has 7 nitrogen and oxygen atoms in total. The summed E-state index contributed by atoms with van der Waals surface area (Å²) in [4.78, 5) is 21.9. The van der Waals surface area contributed by atoms with Crippen molar-refractivity contribution in [2.45, 2.75) is 51.4 Å². The van der Waals surface area contributed by atoms with Crippen LogP contribution in [0.25, 0.3) is 11.3 Å². The number of rotatable bonds is 14. The number of alkyl halides is 1. The monoisotopic (exact) mass is 641 g/mol. The first-order valence-corrected chi connectivity index (χ1v) is 16.2. The Hall–Kier alpha value is -4.47. The molecule has 0 bridgehead atoms. The predicted molar refractivity (Wildman–Crippen MR) is 182 cm³/mol. The fourth-order valence-electron chi connectivity index (χ4n) is 4.78. The highest BCUT2D eigenvalue weighted by atomic mass is 32.2. The van der Waals surface area contributed by atoms with E-state index in [2.05, 4.69) is 17.1 Å². The molecule has 9 heteroatoms. The van der Waals surface area contributed by atoms with Gasteiger partial charge in [0.25, 0.3) is 5.56 Å². The van der Waals surface area contributed by atoms with E-state index < -0.39 is 6.67 Å². The van der Waals surface area contributed by atoms with E-state index in [9.17, 15) is 9.18 Å². The minimum absolute atomic E-state index is 0.118. The number of ether oxygens (including phenoxy) is 3. The van der Waals surface area contributed by atoms with Crippen molar-refractivity contribution in [2.75, 3.05) is 20.0 Å². The number of nitrogens with zero attached hydrogens (tertiary/aromatic N) is 3. The Morgan fingerprint density at radius 3 is 2.24 bits per heavy atom. The van der Waals surface area contributed by atoms with Gasteiger partial charge >= 0.3 is 0 Å². The van der Waals surface area contributed by atoms with Crippen LogP contribution in [0.15, 0.2) is 113 Å². The summed E-state index contributed by atoms with van der Waals surface area (Å²) in [7, 11) is 3.15. The van der Waals surface area contributed by atoms with Crippen LogP contribution in [0, 0.1) is 0 Å². The smallest absolute Gasteiger partial charge is 0.250 e. The fourth-order valence-corrected chi connectivity index (χ4v) is 5.64. The van der Waals surface area contributed by atoms with Crippen LogP contribution in [0.5, 0.6) is 11.5 Å². The van der Waals surface area contributed by atoms with Crippen molar-refractivity contribution >= 4 is 11.8 Å². The molecule has 240 valence electrons. The second kappa shape index (κ2) is 17.9. The Kier molecular flexibility index (Phi) is 13.4. The third-order valence-corrected chi connectivity index (χ3v) is 7.93. The van der Waals surface area contributed by atoms with Crippen molar-refractivity contribution in [1.82, 2.24) is 14.5 Å². The highest BCUT2D eigenvalue weighted by molar-refractivity contribution is 7.99. The molecule has 1 unspecified atom stereocenters. The fraction of sp³-hybridized carbons (Fsp3) is 0.270. The SMILES string of the molecule is CC.COc1ccc(Cn2cc(-c3cc(CF)nc(SCCC(OCc4ccccc4)c4ccccc4)n3)ccc2=O)cc1OC. The van der Waals surface area contributed by atoms with Crippen LogP contribution in [-0.2, 0) is 24.6 Å². The van der Waals surface area contributed by atoms with Crippen LogP contribution in [0.1, 0.15) is 48.8 Å². The molecule has 0 radical (unpaired) electrons. The Bertz CT molecular complexity index is 1720. The van der Waals surface area contributed by atoms with E-state index in [0.29, 0.717) is 46.8 Å². The van der Waals surface area contributed by atoms with E-state index in [1.54, 1.807) is 43.2 Å². The summed E-state index contributed by atoms with van der Waals surface area (Å²) in [6.45, 7) is 4.10. The highest BCUT2D eigenvalue weighted by Gasteiger charge is 2.15. The molecule has 2 aromatic heterocycles. The van der Waals surface area contributed by atoms with Crippen molar-refractivity contribution in [1.29, 1.82) is 0 Å². The maximum absolute atomic E-state index is 13.9. The van der Waals surface area contributed by atoms with E-state index in [1.807, 2.05) is 74.5 Å². The number of hydrogen-bond donors (Lipinski definition) is 0. The lowest BCUT2D eigenvalue weighted by atomic mass is 10.1. The van der Waals surface area contributed by atoms with Gasteiger partial charge in [0, 0.05) is 23.6 Å². The highest BCUT2D eigenvalue weighted by Crippen LogP contribution is 2.29. The van der Waals surface area contributed by atoms with Crippen molar-refractivity contribution in [2.24, 2.45) is 0 Å². The number of halogens is 1. The Labute approximate surface area is 274 Å². The Balaban J connectivity index is 0.00000235. The van der Waals surface area contributed by atoms with Gasteiger partial charge in [0.1, 0.15) is 6.67 Å². The van der Waals surface area contributed by atoms with Gasteiger partial charge in [-0.1, -0.05) is 92.3 Å². The zero-order valence-electron chi connectivity index (χ0n) is 26.7. The van der Waals surface area contributed by atoms with Gasteiger partial charge in [0.2, 0.25) is 0 Å². The first kappa shape index (κ1) is 34.4. The summed E-state index contributed by atoms with van der Waals surface area (Å²) in [5.74, 6) is 1.86. The van der Waals surface area contributed by atoms with Crippen molar-refractivity contribution in [3.05, 3.63) is 136 Å². The first-order valence-electron chi connectivity index (χ1n) is 15.2. The van der Waals surface area contributed by atoms with Crippen LogP contribution < -0.4 is 15.0 Å². The second-order valence-corrected chi connectivity index (χ2v) is 11.1. The van der Waals surface area contributed by atoms with Crippen LogP contribution in [-0.4, -0.2) is 34.5 Å². The number of hydrogen-bond acceptors (Lipinski definition) is 7. The first-order chi connectivity index (χ1) is 22.6. The molecule has 0 N–H and O–H groups in total. The zero-order valence-corrected chi connectivity index (χ0v) is 27.5. The van der Waals surface area contributed by atoms with Crippen molar-refractivity contribution in [3.63, 3.8) is 0 Å². The third kappa shape index (κ3) is 9.52. The molecule has 46 heavy (non-hydrogen) atoms. The summed E-state index contributed by atoms with van der Waals surface area (Å²) in [6, 6.07) is 30.6. The summed E-state index contributed by atoms with van der Waals surface area (Å²) in [5.41, 5.74) is 4.44. The third-order valence-electron chi connectivity index (χ3n) is 7.05. The van der Waals surface area contributed by atoms with Gasteiger partial charge in [-0.15, -0.1) is 0 Å². The molecule has 0 amide bonds. The van der Waals surface area contributed by atoms with Gasteiger partial charge < -0.3 is 18.8 Å². The molecule has 2 heterocycles. The lowest BCUT2D eigenvalue weighted by Gasteiger charge is -2.18. The number of benzene rings is 3. The molecule has 0 saturated carbocycles. The molecule has 0 saturated heterocycles. The van der Waals surface area contributed by atoms with E-state index in [0.717, 1.165) is 23.1 Å². The quantitative estimate of drug-likeness (QED) is 0.0892. The topological polar surface area (TPSA) is 75.5 Å². The Morgan fingerprint density at radius 2 is 1.54 bits per heavy atom. The minimum Gasteiger partial charge on any atom is -0.493 e. The number of aromatic nitrogens is 3. The molecule has 0 aliphatic rings. The van der Waals surface area contributed by atoms with E-state index in [4.69, 9.17) is 19.2 Å². The number of pyridine rings is 1. The van der Waals surface area contributed by atoms with Crippen LogP contribution in [0.2, 0.25) is 0 Å². The van der Waals surface area contributed by atoms with Gasteiger partial charge in [-0.2, -0.15) is 0 Å². The number of thioether (sulfide) groups is 1. The van der Waals surface area contributed by atoms with Crippen LogP contribution >= 0.6 is 11.8 Å². The summed E-state index contributed by atoms with van der Waals surface area (Å²) >= 11 is 1.46. The average Bonchev–Trinajstić information content (AvgIpc) is 3.12. The summed E-state index contributed by atoms with van der Waals surface area (Å²) < 4.78 is 32.6. The van der Waals surface area contributed by atoms with Gasteiger partial charge in [-0.25, -0.2) is 14.4 Å². The molecular weight excluding hydrogens is 601 g/mol. The second-order valence-electron chi connectivity index (χ2n) is 10.1. The lowest BCUT2D eigenvalue weighted by molar-refractivity contribution is 0.0379. The lowest BCUT2D eigenvalue weighted by Crippen LogP contribution is -2.19.